The summed E-state index contributed by atoms with van der Waals surface area (Å²) < 4.78 is 5.49. The third kappa shape index (κ3) is 4.23. The number of carbonyl (C=O) groups is 1. The number of hydrogen-bond donors (Lipinski definition) is 1. The molecule has 1 N–H and O–H groups in total. The maximum Gasteiger partial charge on any atom is 0.241 e. The van der Waals surface area contributed by atoms with E-state index in [1.54, 1.807) is 0 Å². The zero-order chi connectivity index (χ0) is 18.6. The van der Waals surface area contributed by atoms with E-state index in [2.05, 4.69) is 53.5 Å². The van der Waals surface area contributed by atoms with Gasteiger partial charge in [-0.1, -0.05) is 42.0 Å². The zero-order valence-electron chi connectivity index (χ0n) is 16.0. The van der Waals surface area contributed by atoms with Gasteiger partial charge in [-0.25, -0.2) is 0 Å². The lowest BCUT2D eigenvalue weighted by molar-refractivity contribution is -0.121. The largest absolute Gasteiger partial charge is 0.381 e. The smallest absolute Gasteiger partial charge is 0.241 e. The van der Waals surface area contributed by atoms with Crippen LogP contribution in [-0.4, -0.2) is 42.6 Å². The highest BCUT2D eigenvalue weighted by Crippen LogP contribution is 2.27. The van der Waals surface area contributed by atoms with Gasteiger partial charge in [0.15, 0.2) is 0 Å². The number of hydrogen-bond acceptors (Lipinski definition) is 3. The SMILES string of the molecule is Cc1cccc(-c2cccc(NC(=O)[C@@H]3CCCN3C3CCOCC3)c2)c1. The molecule has 0 bridgehead atoms. The van der Waals surface area contributed by atoms with Gasteiger partial charge in [-0.2, -0.15) is 0 Å². The summed E-state index contributed by atoms with van der Waals surface area (Å²) in [6.45, 7) is 4.74. The van der Waals surface area contributed by atoms with E-state index in [-0.39, 0.29) is 11.9 Å². The van der Waals surface area contributed by atoms with Gasteiger partial charge in [-0.15, -0.1) is 0 Å². The summed E-state index contributed by atoms with van der Waals surface area (Å²) in [6.07, 6.45) is 4.11. The average Bonchev–Trinajstić information content (AvgIpc) is 3.19. The monoisotopic (exact) mass is 364 g/mol. The van der Waals surface area contributed by atoms with E-state index in [4.69, 9.17) is 4.74 Å². The van der Waals surface area contributed by atoms with E-state index in [1.807, 2.05) is 12.1 Å². The van der Waals surface area contributed by atoms with Crippen molar-refractivity contribution >= 4 is 11.6 Å². The second kappa shape index (κ2) is 8.24. The van der Waals surface area contributed by atoms with Crippen LogP contribution in [-0.2, 0) is 9.53 Å². The molecule has 2 fully saturated rings. The number of anilines is 1. The standard InChI is InChI=1S/C23H28N2O2/c1-17-5-2-6-18(15-17)19-7-3-8-20(16-19)24-23(26)22-9-4-12-25(22)21-10-13-27-14-11-21/h2-3,5-8,15-16,21-22H,4,9-14H2,1H3,(H,24,26)/t22-/m0/s1. The summed E-state index contributed by atoms with van der Waals surface area (Å²) in [5.74, 6) is 0.125. The number of ether oxygens (including phenoxy) is 1. The highest BCUT2D eigenvalue weighted by molar-refractivity contribution is 5.95. The predicted molar refractivity (Wildman–Crippen MR) is 109 cm³/mol. The van der Waals surface area contributed by atoms with Crippen molar-refractivity contribution in [1.82, 2.24) is 4.90 Å². The molecule has 2 aromatic rings. The number of likely N-dealkylation sites (tertiary alicyclic amines) is 1. The van der Waals surface area contributed by atoms with Gasteiger partial charge in [-0.05, 0) is 62.4 Å². The molecule has 0 spiro atoms. The Kier molecular flexibility index (Phi) is 5.55. The van der Waals surface area contributed by atoms with E-state index in [1.165, 1.54) is 11.1 Å². The van der Waals surface area contributed by atoms with Gasteiger partial charge in [-0.3, -0.25) is 9.69 Å². The third-order valence-electron chi connectivity index (χ3n) is 5.74. The van der Waals surface area contributed by atoms with Crippen LogP contribution in [0.4, 0.5) is 5.69 Å². The molecule has 4 rings (SSSR count). The normalized spacial score (nSPS) is 21.3. The molecule has 4 nitrogen and oxygen atoms in total. The van der Waals surface area contributed by atoms with Crippen LogP contribution in [0.3, 0.4) is 0 Å². The van der Waals surface area contributed by atoms with Crippen molar-refractivity contribution in [2.24, 2.45) is 0 Å². The molecule has 1 atom stereocenters. The molecule has 0 saturated carbocycles. The second-order valence-corrected chi connectivity index (χ2v) is 7.68. The van der Waals surface area contributed by atoms with Gasteiger partial charge in [0.25, 0.3) is 0 Å². The van der Waals surface area contributed by atoms with Gasteiger partial charge in [0, 0.05) is 24.9 Å². The number of amides is 1. The molecule has 27 heavy (non-hydrogen) atoms. The van der Waals surface area contributed by atoms with Gasteiger partial charge in [0.05, 0.1) is 6.04 Å². The molecule has 2 saturated heterocycles. The first-order valence-corrected chi connectivity index (χ1v) is 10.0. The lowest BCUT2D eigenvalue weighted by Gasteiger charge is -2.34. The predicted octanol–water partition coefficient (Wildman–Crippen LogP) is 4.24. The Morgan fingerprint density at radius 2 is 1.78 bits per heavy atom. The van der Waals surface area contributed by atoms with Crippen LogP contribution < -0.4 is 5.32 Å². The number of benzene rings is 2. The van der Waals surface area contributed by atoms with E-state index >= 15 is 0 Å². The molecule has 0 aliphatic carbocycles. The van der Waals surface area contributed by atoms with Crippen molar-refractivity contribution in [3.8, 4) is 11.1 Å². The van der Waals surface area contributed by atoms with Crippen molar-refractivity contribution in [2.45, 2.75) is 44.7 Å². The van der Waals surface area contributed by atoms with Gasteiger partial charge >= 0.3 is 0 Å². The van der Waals surface area contributed by atoms with Gasteiger partial charge in [0.1, 0.15) is 0 Å². The highest BCUT2D eigenvalue weighted by atomic mass is 16.5. The quantitative estimate of drug-likeness (QED) is 0.882. The van der Waals surface area contributed by atoms with Crippen LogP contribution >= 0.6 is 0 Å². The van der Waals surface area contributed by atoms with Crippen LogP contribution in [0, 0.1) is 6.92 Å². The number of nitrogens with zero attached hydrogens (tertiary/aromatic N) is 1. The van der Waals surface area contributed by atoms with Crippen molar-refractivity contribution in [2.75, 3.05) is 25.1 Å². The molecule has 0 aromatic heterocycles. The van der Waals surface area contributed by atoms with Crippen LogP contribution in [0.5, 0.6) is 0 Å². The fourth-order valence-corrected chi connectivity index (χ4v) is 4.35. The second-order valence-electron chi connectivity index (χ2n) is 7.68. The first-order chi connectivity index (χ1) is 13.2. The Morgan fingerprint density at radius 1 is 1.04 bits per heavy atom. The van der Waals surface area contributed by atoms with Gasteiger partial charge < -0.3 is 10.1 Å². The Labute approximate surface area is 161 Å². The molecule has 0 unspecified atom stereocenters. The van der Waals surface area contributed by atoms with E-state index in [0.717, 1.165) is 56.7 Å². The molecule has 4 heteroatoms. The molecule has 2 aliphatic heterocycles. The Hall–Kier alpha value is -2.17. The minimum absolute atomic E-state index is 0.0178. The third-order valence-corrected chi connectivity index (χ3v) is 5.74. The summed E-state index contributed by atoms with van der Waals surface area (Å²) in [7, 11) is 0. The lowest BCUT2D eigenvalue weighted by Crippen LogP contribution is -2.47. The van der Waals surface area contributed by atoms with Crippen molar-refractivity contribution in [1.29, 1.82) is 0 Å². The maximum absolute atomic E-state index is 13.0. The number of nitrogens with one attached hydrogen (secondary N) is 1. The molecular formula is C23H28N2O2. The maximum atomic E-state index is 13.0. The number of aryl methyl sites for hydroxylation is 1. The Morgan fingerprint density at radius 3 is 2.56 bits per heavy atom. The average molecular weight is 364 g/mol. The summed E-state index contributed by atoms with van der Waals surface area (Å²) in [5.41, 5.74) is 4.41. The Balaban J connectivity index is 1.47. The number of carbonyl (C=O) groups excluding carboxylic acids is 1. The zero-order valence-corrected chi connectivity index (χ0v) is 16.0. The minimum Gasteiger partial charge on any atom is -0.381 e. The first-order valence-electron chi connectivity index (χ1n) is 10.0. The highest BCUT2D eigenvalue weighted by Gasteiger charge is 2.35. The summed E-state index contributed by atoms with van der Waals surface area (Å²) in [6, 6.07) is 17.1. The molecule has 142 valence electrons. The van der Waals surface area contributed by atoms with Gasteiger partial charge in [0.2, 0.25) is 5.91 Å². The van der Waals surface area contributed by atoms with E-state index < -0.39 is 0 Å². The van der Waals surface area contributed by atoms with Crippen molar-refractivity contribution in [3.63, 3.8) is 0 Å². The number of rotatable bonds is 4. The Bertz CT molecular complexity index is 798. The minimum atomic E-state index is -0.0178. The van der Waals surface area contributed by atoms with E-state index in [9.17, 15) is 4.79 Å². The molecule has 1 amide bonds. The van der Waals surface area contributed by atoms with Crippen LogP contribution in [0.15, 0.2) is 48.5 Å². The molecular weight excluding hydrogens is 336 g/mol. The fourth-order valence-electron chi connectivity index (χ4n) is 4.35. The molecule has 2 heterocycles. The lowest BCUT2D eigenvalue weighted by atomic mass is 10.0. The molecule has 2 aromatic carbocycles. The van der Waals surface area contributed by atoms with Crippen molar-refractivity contribution < 1.29 is 9.53 Å². The van der Waals surface area contributed by atoms with Crippen LogP contribution in [0.1, 0.15) is 31.2 Å². The van der Waals surface area contributed by atoms with Crippen LogP contribution in [0.2, 0.25) is 0 Å². The molecule has 0 radical (unpaired) electrons. The first kappa shape index (κ1) is 18.2. The van der Waals surface area contributed by atoms with Crippen LogP contribution in [0.25, 0.3) is 11.1 Å². The topological polar surface area (TPSA) is 41.6 Å². The summed E-state index contributed by atoms with van der Waals surface area (Å²) in [5, 5.41) is 3.17. The summed E-state index contributed by atoms with van der Waals surface area (Å²) in [4.78, 5) is 15.4. The fraction of sp³-hybridized carbons (Fsp3) is 0.435. The summed E-state index contributed by atoms with van der Waals surface area (Å²) >= 11 is 0. The van der Waals surface area contributed by atoms with Crippen molar-refractivity contribution in [3.05, 3.63) is 54.1 Å². The molecule has 2 aliphatic rings. The van der Waals surface area contributed by atoms with E-state index in [0.29, 0.717) is 6.04 Å².